The highest BCUT2D eigenvalue weighted by Crippen LogP contribution is 2.21. The van der Waals surface area contributed by atoms with Crippen molar-refractivity contribution in [2.75, 3.05) is 0 Å². The standard InChI is InChI=1S/C17H16N4O3/c1-11-14(18-17(24-11)12-7-4-3-5-8-12)16(23)20-19-15(22)13-9-6-10-21(13)2/h3-10H,1-2H3,(H,19,22)(H,20,23). The molecule has 0 aliphatic carbocycles. The molecule has 0 atom stereocenters. The minimum Gasteiger partial charge on any atom is -0.441 e. The Morgan fingerprint density at radius 3 is 2.42 bits per heavy atom. The van der Waals surface area contributed by atoms with Gasteiger partial charge in [-0.2, -0.15) is 0 Å². The summed E-state index contributed by atoms with van der Waals surface area (Å²) in [6, 6.07) is 12.7. The third-order valence-electron chi connectivity index (χ3n) is 3.50. The monoisotopic (exact) mass is 324 g/mol. The van der Waals surface area contributed by atoms with Crippen molar-refractivity contribution in [2.45, 2.75) is 6.92 Å². The Morgan fingerprint density at radius 2 is 1.75 bits per heavy atom. The molecule has 2 aromatic heterocycles. The predicted molar refractivity (Wildman–Crippen MR) is 87.0 cm³/mol. The largest absolute Gasteiger partial charge is 0.441 e. The highest BCUT2D eigenvalue weighted by molar-refractivity contribution is 5.98. The van der Waals surface area contributed by atoms with E-state index in [2.05, 4.69) is 15.8 Å². The van der Waals surface area contributed by atoms with Gasteiger partial charge < -0.3 is 8.98 Å². The van der Waals surface area contributed by atoms with Crippen LogP contribution in [0.3, 0.4) is 0 Å². The fourth-order valence-electron chi connectivity index (χ4n) is 2.25. The fraction of sp³-hybridized carbons (Fsp3) is 0.118. The van der Waals surface area contributed by atoms with Gasteiger partial charge >= 0.3 is 0 Å². The maximum Gasteiger partial charge on any atom is 0.291 e. The van der Waals surface area contributed by atoms with Crippen LogP contribution in [0.2, 0.25) is 0 Å². The molecule has 2 N–H and O–H groups in total. The van der Waals surface area contributed by atoms with Crippen LogP contribution in [-0.2, 0) is 7.05 Å². The topological polar surface area (TPSA) is 89.2 Å². The van der Waals surface area contributed by atoms with Crippen LogP contribution in [0.15, 0.2) is 53.1 Å². The first kappa shape index (κ1) is 15.5. The van der Waals surface area contributed by atoms with Gasteiger partial charge in [0.25, 0.3) is 11.8 Å². The summed E-state index contributed by atoms with van der Waals surface area (Å²) >= 11 is 0. The third kappa shape index (κ3) is 3.05. The van der Waals surface area contributed by atoms with Crippen molar-refractivity contribution < 1.29 is 14.0 Å². The van der Waals surface area contributed by atoms with E-state index in [1.807, 2.05) is 30.3 Å². The number of aryl methyl sites for hydroxylation is 2. The smallest absolute Gasteiger partial charge is 0.291 e. The van der Waals surface area contributed by atoms with Crippen molar-refractivity contribution in [1.29, 1.82) is 0 Å². The minimum atomic E-state index is -0.541. The maximum absolute atomic E-state index is 12.2. The van der Waals surface area contributed by atoms with Crippen LogP contribution in [0.25, 0.3) is 11.5 Å². The number of benzene rings is 1. The molecule has 0 aliphatic rings. The molecule has 0 aliphatic heterocycles. The lowest BCUT2D eigenvalue weighted by Gasteiger charge is -2.06. The first-order valence-corrected chi connectivity index (χ1v) is 7.31. The molecule has 3 rings (SSSR count). The van der Waals surface area contributed by atoms with Crippen LogP contribution in [0.5, 0.6) is 0 Å². The zero-order valence-corrected chi connectivity index (χ0v) is 13.2. The Morgan fingerprint density at radius 1 is 1.04 bits per heavy atom. The summed E-state index contributed by atoms with van der Waals surface area (Å²) in [5.41, 5.74) is 6.03. The summed E-state index contributed by atoms with van der Waals surface area (Å²) < 4.78 is 7.18. The first-order chi connectivity index (χ1) is 11.6. The maximum atomic E-state index is 12.2. The van der Waals surface area contributed by atoms with Crippen LogP contribution in [-0.4, -0.2) is 21.4 Å². The number of oxazole rings is 1. The zero-order chi connectivity index (χ0) is 17.1. The third-order valence-corrected chi connectivity index (χ3v) is 3.50. The summed E-state index contributed by atoms with van der Waals surface area (Å²) in [5.74, 6) is -0.229. The summed E-state index contributed by atoms with van der Waals surface area (Å²) in [4.78, 5) is 28.4. The van der Waals surface area contributed by atoms with Gasteiger partial charge in [0.2, 0.25) is 5.89 Å². The molecule has 0 unspecified atom stereocenters. The second kappa shape index (κ2) is 6.41. The summed E-state index contributed by atoms with van der Waals surface area (Å²) in [7, 11) is 1.74. The number of aromatic nitrogens is 2. The predicted octanol–water partition coefficient (Wildman–Crippen LogP) is 2.06. The van der Waals surface area contributed by atoms with Gasteiger partial charge in [-0.15, -0.1) is 0 Å². The lowest BCUT2D eigenvalue weighted by Crippen LogP contribution is -2.42. The van der Waals surface area contributed by atoms with Crippen molar-refractivity contribution >= 4 is 11.8 Å². The van der Waals surface area contributed by atoms with Crippen molar-refractivity contribution in [3.63, 3.8) is 0 Å². The van der Waals surface area contributed by atoms with E-state index in [4.69, 9.17) is 4.42 Å². The lowest BCUT2D eigenvalue weighted by atomic mass is 10.2. The van der Waals surface area contributed by atoms with Crippen LogP contribution >= 0.6 is 0 Å². The molecule has 2 amide bonds. The molecule has 0 radical (unpaired) electrons. The Balaban J connectivity index is 1.71. The highest BCUT2D eigenvalue weighted by atomic mass is 16.4. The van der Waals surface area contributed by atoms with Gasteiger partial charge in [-0.1, -0.05) is 18.2 Å². The van der Waals surface area contributed by atoms with E-state index >= 15 is 0 Å². The molecule has 0 saturated carbocycles. The van der Waals surface area contributed by atoms with Crippen LogP contribution in [0.4, 0.5) is 0 Å². The van der Waals surface area contributed by atoms with Crippen molar-refractivity contribution in [2.24, 2.45) is 7.05 Å². The fourth-order valence-corrected chi connectivity index (χ4v) is 2.25. The number of hydrazine groups is 1. The van der Waals surface area contributed by atoms with Crippen molar-refractivity contribution in [1.82, 2.24) is 20.4 Å². The summed E-state index contributed by atoms with van der Waals surface area (Å²) in [6.45, 7) is 1.65. The molecule has 0 saturated heterocycles. The highest BCUT2D eigenvalue weighted by Gasteiger charge is 2.19. The summed E-state index contributed by atoms with van der Waals surface area (Å²) in [5, 5.41) is 0. The Labute approximate surface area is 138 Å². The number of amides is 2. The van der Waals surface area contributed by atoms with E-state index in [1.165, 1.54) is 0 Å². The average molecular weight is 324 g/mol. The van der Waals surface area contributed by atoms with Gasteiger partial charge in [0.15, 0.2) is 5.69 Å². The molecule has 0 fully saturated rings. The Hall–Kier alpha value is -3.35. The number of hydrogen-bond acceptors (Lipinski definition) is 4. The second-order valence-electron chi connectivity index (χ2n) is 5.20. The minimum absolute atomic E-state index is 0.126. The number of nitrogens with zero attached hydrogens (tertiary/aromatic N) is 2. The Kier molecular flexibility index (Phi) is 4.15. The number of nitrogens with one attached hydrogen (secondary N) is 2. The van der Waals surface area contributed by atoms with Crippen LogP contribution in [0, 0.1) is 6.92 Å². The molecular weight excluding hydrogens is 308 g/mol. The molecule has 122 valence electrons. The molecule has 7 nitrogen and oxygen atoms in total. The second-order valence-corrected chi connectivity index (χ2v) is 5.20. The van der Waals surface area contributed by atoms with Gasteiger partial charge in [0.05, 0.1) is 0 Å². The molecule has 3 aromatic rings. The van der Waals surface area contributed by atoms with Gasteiger partial charge in [-0.25, -0.2) is 4.98 Å². The molecule has 7 heteroatoms. The first-order valence-electron chi connectivity index (χ1n) is 7.31. The molecule has 24 heavy (non-hydrogen) atoms. The van der Waals surface area contributed by atoms with E-state index in [1.54, 1.807) is 36.9 Å². The quantitative estimate of drug-likeness (QED) is 0.722. The number of carbonyl (C=O) groups is 2. The van der Waals surface area contributed by atoms with E-state index in [0.29, 0.717) is 17.3 Å². The van der Waals surface area contributed by atoms with Crippen molar-refractivity contribution in [3.05, 3.63) is 65.8 Å². The molecule has 0 spiro atoms. The van der Waals surface area contributed by atoms with Crippen LogP contribution < -0.4 is 10.9 Å². The lowest BCUT2D eigenvalue weighted by molar-refractivity contribution is 0.0839. The molecular formula is C17H16N4O3. The van der Waals surface area contributed by atoms with E-state index < -0.39 is 11.8 Å². The summed E-state index contributed by atoms with van der Waals surface area (Å²) in [6.07, 6.45) is 1.74. The van der Waals surface area contributed by atoms with Gasteiger partial charge in [0.1, 0.15) is 11.5 Å². The van der Waals surface area contributed by atoms with Crippen LogP contribution in [0.1, 0.15) is 26.7 Å². The Bertz CT molecular complexity index is 880. The number of carbonyl (C=O) groups excluding carboxylic acids is 2. The number of rotatable bonds is 3. The van der Waals surface area contributed by atoms with Gasteiger partial charge in [-0.3, -0.25) is 20.4 Å². The van der Waals surface area contributed by atoms with Gasteiger partial charge in [0, 0.05) is 18.8 Å². The molecule has 2 heterocycles. The molecule has 0 bridgehead atoms. The van der Waals surface area contributed by atoms with E-state index in [9.17, 15) is 9.59 Å². The SMILES string of the molecule is Cc1oc(-c2ccccc2)nc1C(=O)NNC(=O)c1cccn1C. The van der Waals surface area contributed by atoms with Crippen molar-refractivity contribution in [3.8, 4) is 11.5 Å². The normalized spacial score (nSPS) is 10.4. The number of hydrogen-bond donors (Lipinski definition) is 2. The average Bonchev–Trinajstić information content (AvgIpc) is 3.19. The molecule has 1 aromatic carbocycles. The van der Waals surface area contributed by atoms with E-state index in [-0.39, 0.29) is 5.69 Å². The van der Waals surface area contributed by atoms with E-state index in [0.717, 1.165) is 5.56 Å². The zero-order valence-electron chi connectivity index (χ0n) is 13.2. The van der Waals surface area contributed by atoms with Gasteiger partial charge in [-0.05, 0) is 31.2 Å².